The molecule has 0 aliphatic rings. The smallest absolute Gasteiger partial charge is 0.345 e. The number of ketones is 1. The van der Waals surface area contributed by atoms with Gasteiger partial charge >= 0.3 is 23.9 Å². The van der Waals surface area contributed by atoms with Crippen LogP contribution in [-0.4, -0.2) is 69.1 Å². The Labute approximate surface area is 385 Å². The van der Waals surface area contributed by atoms with Crippen LogP contribution < -0.4 is 38.2 Å². The van der Waals surface area contributed by atoms with E-state index in [1.54, 1.807) is 50.2 Å². The molecule has 0 amide bonds. The van der Waals surface area contributed by atoms with E-state index in [9.17, 15) is 24.0 Å². The molecule has 0 fully saturated rings. The van der Waals surface area contributed by atoms with Crippen LogP contribution in [-0.2, 0) is 14.4 Å². The fraction of sp³-hybridized carbons (Fsp3) is 0.408. The van der Waals surface area contributed by atoms with Crippen LogP contribution in [0.4, 0.5) is 11.4 Å². The number of halogens is 2. The molecule has 0 N–H and O–H groups in total. The van der Waals surface area contributed by atoms with Crippen molar-refractivity contribution in [2.24, 2.45) is 11.8 Å². The Morgan fingerprint density at radius 2 is 0.875 bits per heavy atom. The highest BCUT2D eigenvalue weighted by Crippen LogP contribution is 2.39. The van der Waals surface area contributed by atoms with Crippen molar-refractivity contribution in [1.82, 2.24) is 0 Å². The van der Waals surface area contributed by atoms with Crippen LogP contribution in [0.15, 0.2) is 60.7 Å². The van der Waals surface area contributed by atoms with Crippen molar-refractivity contribution in [1.29, 1.82) is 0 Å². The van der Waals surface area contributed by atoms with E-state index in [-0.39, 0.29) is 99.8 Å². The number of nitrogens with zero attached hydrogens (tertiary/aromatic N) is 2. The highest BCUT2D eigenvalue weighted by molar-refractivity contribution is 6.35. The van der Waals surface area contributed by atoms with E-state index in [2.05, 4.69) is 0 Å². The number of hydrogen-bond donors (Lipinski definition) is 0. The molecule has 0 unspecified atom stereocenters. The predicted molar refractivity (Wildman–Crippen MR) is 248 cm³/mol. The fourth-order valence-electron chi connectivity index (χ4n) is 6.68. The first kappa shape index (κ1) is 50.9. The first-order valence-electron chi connectivity index (χ1n) is 21.0. The molecule has 0 radical (unpaired) electrons. The van der Waals surface area contributed by atoms with E-state index in [1.165, 1.54) is 38.5 Å². The van der Waals surface area contributed by atoms with Gasteiger partial charge in [0.1, 0.15) is 11.5 Å². The lowest BCUT2D eigenvalue weighted by atomic mass is 10.1. The Morgan fingerprint density at radius 1 is 0.516 bits per heavy atom. The Morgan fingerprint density at radius 3 is 1.19 bits per heavy atom. The third kappa shape index (κ3) is 13.1. The van der Waals surface area contributed by atoms with E-state index in [4.69, 9.17) is 51.6 Å². The summed E-state index contributed by atoms with van der Waals surface area (Å²) >= 11 is 13.0. The second kappa shape index (κ2) is 22.7. The predicted octanol–water partition coefficient (Wildman–Crippen LogP) is 10.7. The number of esters is 4. The molecule has 0 spiro atoms. The number of carbonyl (C=O) groups excluding carboxylic acids is 5. The number of Topliss-reactive ketones (excluding diaryl/α,β-unsaturated/α-hetero) is 1. The molecule has 0 aliphatic heterocycles. The first-order chi connectivity index (χ1) is 30.1. The average Bonchev–Trinajstić information content (AvgIpc) is 3.19. The molecule has 4 aromatic rings. The number of benzene rings is 4. The Hall–Kier alpha value is -5.79. The summed E-state index contributed by atoms with van der Waals surface area (Å²) in [5.41, 5.74) is 2.62. The third-order valence-corrected chi connectivity index (χ3v) is 10.6. The van der Waals surface area contributed by atoms with Crippen molar-refractivity contribution in [3.63, 3.8) is 0 Å². The largest absolute Gasteiger partial charge is 0.495 e. The second-order valence-corrected chi connectivity index (χ2v) is 17.5. The standard InChI is InChI=1S/C49H58Cl2N2O11/c1-27(2)21-42(55)61-40-23-33(15-19-38(40)63-48(57)36-17-13-31(9)46(59-11)44(36)50)52(29(5)6)25-35(54)26-53(30(7)8)34-16-20-39(41(24-34)62-43(56)22-28(3)4)64-49(58)37-18-14-32(10)47(60-12)45(37)51/h13-20,23-24,27-30H,21-22,25-26H2,1-12H3. The van der Waals surface area contributed by atoms with Crippen molar-refractivity contribution >= 4 is 64.2 Å². The topological polar surface area (TPSA) is 147 Å². The van der Waals surface area contributed by atoms with Gasteiger partial charge in [0.15, 0.2) is 28.8 Å². The molecule has 64 heavy (non-hydrogen) atoms. The summed E-state index contributed by atoms with van der Waals surface area (Å²) in [4.78, 5) is 70.7. The van der Waals surface area contributed by atoms with Crippen LogP contribution in [0.25, 0.3) is 0 Å². The fourth-order valence-corrected chi connectivity index (χ4v) is 7.41. The van der Waals surface area contributed by atoms with Gasteiger partial charge in [-0.1, -0.05) is 63.0 Å². The van der Waals surface area contributed by atoms with Crippen molar-refractivity contribution in [3.05, 3.63) is 93.0 Å². The summed E-state index contributed by atoms with van der Waals surface area (Å²) in [5, 5.41) is 0.157. The molecular formula is C49H58Cl2N2O11. The monoisotopic (exact) mass is 920 g/mol. The van der Waals surface area contributed by atoms with Crippen LogP contribution in [0.3, 0.4) is 0 Å². The number of methoxy groups -OCH3 is 2. The van der Waals surface area contributed by atoms with Crippen molar-refractivity contribution < 1.29 is 52.4 Å². The zero-order valence-electron chi connectivity index (χ0n) is 38.6. The zero-order valence-corrected chi connectivity index (χ0v) is 40.1. The molecule has 0 atom stereocenters. The van der Waals surface area contributed by atoms with Crippen molar-refractivity contribution in [3.8, 4) is 34.5 Å². The molecule has 344 valence electrons. The van der Waals surface area contributed by atoms with Crippen LogP contribution in [0, 0.1) is 25.7 Å². The molecule has 0 saturated carbocycles. The van der Waals surface area contributed by atoms with Crippen LogP contribution in [0.2, 0.25) is 10.0 Å². The molecule has 0 heterocycles. The van der Waals surface area contributed by atoms with E-state index >= 15 is 0 Å². The number of aryl methyl sites for hydroxylation is 2. The normalized spacial score (nSPS) is 11.2. The molecule has 0 saturated heterocycles. The summed E-state index contributed by atoms with van der Waals surface area (Å²) in [5.74, 6) is -2.27. The highest BCUT2D eigenvalue weighted by Gasteiger charge is 2.26. The Kier molecular flexibility index (Phi) is 18.0. The van der Waals surface area contributed by atoms with Gasteiger partial charge in [-0.05, 0) is 101 Å². The minimum atomic E-state index is -0.790. The summed E-state index contributed by atoms with van der Waals surface area (Å²) in [7, 11) is 2.90. The number of carbonyl (C=O) groups is 5. The van der Waals surface area contributed by atoms with E-state index in [1.807, 2.05) is 65.2 Å². The minimum absolute atomic E-state index is 0.00835. The van der Waals surface area contributed by atoms with E-state index < -0.39 is 23.9 Å². The maximum absolute atomic E-state index is 14.1. The molecule has 15 heteroatoms. The van der Waals surface area contributed by atoms with Gasteiger partial charge in [-0.25, -0.2) is 9.59 Å². The van der Waals surface area contributed by atoms with Gasteiger partial charge in [0.2, 0.25) is 0 Å². The first-order valence-corrected chi connectivity index (χ1v) is 21.8. The third-order valence-electron chi connectivity index (χ3n) is 9.90. The maximum atomic E-state index is 14.1. The van der Waals surface area contributed by atoms with Gasteiger partial charge in [0, 0.05) is 48.4 Å². The van der Waals surface area contributed by atoms with E-state index in [0.717, 1.165) is 11.1 Å². The minimum Gasteiger partial charge on any atom is -0.495 e. The number of anilines is 2. The van der Waals surface area contributed by atoms with Gasteiger partial charge in [0.05, 0.1) is 48.5 Å². The van der Waals surface area contributed by atoms with Crippen LogP contribution in [0.5, 0.6) is 34.5 Å². The summed E-state index contributed by atoms with van der Waals surface area (Å²) in [6.45, 7) is 18.6. The van der Waals surface area contributed by atoms with Gasteiger partial charge in [-0.3, -0.25) is 14.4 Å². The lowest BCUT2D eigenvalue weighted by molar-refractivity contribution is -0.136. The Bertz CT molecular complexity index is 2200. The van der Waals surface area contributed by atoms with Crippen LogP contribution in [0.1, 0.15) is 100 Å². The lowest BCUT2D eigenvalue weighted by Gasteiger charge is -2.32. The molecule has 13 nitrogen and oxygen atoms in total. The van der Waals surface area contributed by atoms with Crippen LogP contribution >= 0.6 is 23.2 Å². The molecular weight excluding hydrogens is 863 g/mol. The Balaban J connectivity index is 1.65. The van der Waals surface area contributed by atoms with Gasteiger partial charge in [0.25, 0.3) is 0 Å². The number of rotatable bonds is 20. The highest BCUT2D eigenvalue weighted by atomic mass is 35.5. The molecule has 4 rings (SSSR count). The lowest BCUT2D eigenvalue weighted by Crippen LogP contribution is -2.42. The van der Waals surface area contributed by atoms with E-state index in [0.29, 0.717) is 22.9 Å². The summed E-state index contributed by atoms with van der Waals surface area (Å²) in [6, 6.07) is 15.5. The SMILES string of the molecule is COc1c(C)ccc(C(=O)Oc2ccc(N(CC(=O)CN(c3ccc(OC(=O)c4ccc(C)c(OC)c4Cl)c(OC(=O)CC(C)C)c3)C(C)C)C(C)C)cc2OC(=O)CC(C)C)c1Cl. The zero-order chi connectivity index (χ0) is 47.6. The molecule has 0 aliphatic carbocycles. The van der Waals surface area contributed by atoms with Gasteiger partial charge in [-0.15, -0.1) is 0 Å². The van der Waals surface area contributed by atoms with Gasteiger partial charge < -0.3 is 38.2 Å². The molecule has 0 bridgehead atoms. The molecule has 0 aromatic heterocycles. The van der Waals surface area contributed by atoms with Crippen molar-refractivity contribution in [2.45, 2.75) is 94.2 Å². The second-order valence-electron chi connectivity index (χ2n) is 16.7. The number of ether oxygens (including phenoxy) is 6. The van der Waals surface area contributed by atoms with Gasteiger partial charge in [-0.2, -0.15) is 0 Å². The number of hydrogen-bond acceptors (Lipinski definition) is 13. The quantitative estimate of drug-likeness (QED) is 0.0612. The van der Waals surface area contributed by atoms with Crippen molar-refractivity contribution in [2.75, 3.05) is 37.1 Å². The summed E-state index contributed by atoms with van der Waals surface area (Å²) in [6.07, 6.45) is 0.211. The maximum Gasteiger partial charge on any atom is 0.345 e. The molecule has 4 aromatic carbocycles. The average molecular weight is 922 g/mol. The summed E-state index contributed by atoms with van der Waals surface area (Å²) < 4.78 is 33.9.